The van der Waals surface area contributed by atoms with E-state index in [1.807, 2.05) is 0 Å². The predicted molar refractivity (Wildman–Crippen MR) is 85.7 cm³/mol. The van der Waals surface area contributed by atoms with Crippen LogP contribution in [0.4, 0.5) is 0 Å². The van der Waals surface area contributed by atoms with Crippen molar-refractivity contribution in [2.24, 2.45) is 5.92 Å². The van der Waals surface area contributed by atoms with Crippen LogP contribution in [0.5, 0.6) is 0 Å². The molecule has 0 radical (unpaired) electrons. The van der Waals surface area contributed by atoms with Gasteiger partial charge in [-0.3, -0.25) is 0 Å². The molecule has 2 unspecified atom stereocenters. The highest BCUT2D eigenvalue weighted by molar-refractivity contribution is 6.80. The zero-order valence-electron chi connectivity index (χ0n) is 14.0. The van der Waals surface area contributed by atoms with Gasteiger partial charge in [-0.1, -0.05) is 68.4 Å². The average Bonchev–Trinajstić information content (AvgIpc) is 2.33. The molecule has 0 spiro atoms. The molecule has 0 heterocycles. The van der Waals surface area contributed by atoms with Crippen LogP contribution < -0.4 is 0 Å². The van der Waals surface area contributed by atoms with Gasteiger partial charge in [-0.15, -0.1) is 0 Å². The standard InChI is InChI=1S/C16H32O2Si/c1-10-14(7)19(13(5)6,18-15(17)11-2)16(8,9)12(3)4/h11-14H,2,10H2,1,3-9H3. The lowest BCUT2D eigenvalue weighted by atomic mass is 9.99. The fraction of sp³-hybridized carbons (Fsp3) is 0.812. The molecule has 19 heavy (non-hydrogen) atoms. The Labute approximate surface area is 120 Å². The van der Waals surface area contributed by atoms with Crippen molar-refractivity contribution < 1.29 is 9.22 Å². The summed E-state index contributed by atoms with van der Waals surface area (Å²) in [5, 5.41) is 0.0370. The van der Waals surface area contributed by atoms with Gasteiger partial charge in [0.2, 0.25) is 0 Å². The smallest absolute Gasteiger partial charge is 0.316 e. The van der Waals surface area contributed by atoms with Crippen LogP contribution in [0.3, 0.4) is 0 Å². The van der Waals surface area contributed by atoms with Crippen LogP contribution in [0.2, 0.25) is 16.1 Å². The monoisotopic (exact) mass is 284 g/mol. The Morgan fingerprint density at radius 1 is 1.26 bits per heavy atom. The second-order valence-electron chi connectivity index (χ2n) is 6.76. The molecular formula is C16H32O2Si. The molecule has 0 fully saturated rings. The Balaban J connectivity index is 5.91. The van der Waals surface area contributed by atoms with Gasteiger partial charge >= 0.3 is 5.97 Å². The van der Waals surface area contributed by atoms with Crippen molar-refractivity contribution in [2.75, 3.05) is 0 Å². The summed E-state index contributed by atoms with van der Waals surface area (Å²) in [7, 11) is -2.27. The second kappa shape index (κ2) is 6.73. The van der Waals surface area contributed by atoms with Crippen LogP contribution in [0, 0.1) is 5.92 Å². The number of carbonyl (C=O) groups is 1. The topological polar surface area (TPSA) is 26.3 Å². The van der Waals surface area contributed by atoms with E-state index in [0.29, 0.717) is 17.0 Å². The summed E-state index contributed by atoms with van der Waals surface area (Å²) in [5.74, 6) is 0.225. The summed E-state index contributed by atoms with van der Waals surface area (Å²) in [4.78, 5) is 11.9. The zero-order valence-corrected chi connectivity index (χ0v) is 15.0. The highest BCUT2D eigenvalue weighted by Crippen LogP contribution is 2.56. The third-order valence-electron chi connectivity index (χ3n) is 5.09. The Morgan fingerprint density at radius 3 is 2.00 bits per heavy atom. The second-order valence-corrected chi connectivity index (χ2v) is 12.0. The van der Waals surface area contributed by atoms with E-state index in [-0.39, 0.29) is 11.0 Å². The molecule has 0 N–H and O–H groups in total. The van der Waals surface area contributed by atoms with E-state index < -0.39 is 8.32 Å². The first-order valence-corrected chi connectivity index (χ1v) is 9.49. The quantitative estimate of drug-likeness (QED) is 0.468. The van der Waals surface area contributed by atoms with E-state index in [1.54, 1.807) is 0 Å². The van der Waals surface area contributed by atoms with E-state index in [2.05, 4.69) is 62.0 Å². The SMILES string of the molecule is C=CC(=O)O[Si](C(C)C)(C(C)CC)C(C)(C)C(C)C. The summed E-state index contributed by atoms with van der Waals surface area (Å²) >= 11 is 0. The van der Waals surface area contributed by atoms with Crippen molar-refractivity contribution in [1.29, 1.82) is 0 Å². The molecule has 112 valence electrons. The van der Waals surface area contributed by atoms with Crippen LogP contribution in [-0.2, 0) is 9.22 Å². The van der Waals surface area contributed by atoms with Gasteiger partial charge in [-0.2, -0.15) is 0 Å². The first kappa shape index (κ1) is 18.4. The molecule has 0 aromatic heterocycles. The molecule has 0 saturated carbocycles. The minimum absolute atomic E-state index is 0.0370. The number of carbonyl (C=O) groups excluding carboxylic acids is 1. The molecule has 0 aliphatic rings. The van der Waals surface area contributed by atoms with Crippen LogP contribution in [0.15, 0.2) is 12.7 Å². The van der Waals surface area contributed by atoms with E-state index in [4.69, 9.17) is 4.43 Å². The summed E-state index contributed by atoms with van der Waals surface area (Å²) in [6, 6.07) is 0. The van der Waals surface area contributed by atoms with E-state index in [1.165, 1.54) is 6.08 Å². The van der Waals surface area contributed by atoms with E-state index >= 15 is 0 Å². The highest BCUT2D eigenvalue weighted by atomic mass is 28.4. The van der Waals surface area contributed by atoms with Gasteiger partial charge in [0.1, 0.15) is 0 Å². The molecule has 0 aromatic carbocycles. The molecule has 3 heteroatoms. The van der Waals surface area contributed by atoms with Crippen LogP contribution in [-0.4, -0.2) is 14.3 Å². The molecular weight excluding hydrogens is 252 g/mol. The third kappa shape index (κ3) is 3.30. The van der Waals surface area contributed by atoms with Gasteiger partial charge < -0.3 is 4.43 Å². The summed E-state index contributed by atoms with van der Waals surface area (Å²) in [6.45, 7) is 21.4. The van der Waals surface area contributed by atoms with Crippen molar-refractivity contribution in [1.82, 2.24) is 0 Å². The predicted octanol–water partition coefficient (Wildman–Crippen LogP) is 5.31. The third-order valence-corrected chi connectivity index (χ3v) is 11.8. The number of hydrogen-bond acceptors (Lipinski definition) is 2. The molecule has 2 nitrogen and oxygen atoms in total. The Hall–Kier alpha value is -0.573. The van der Waals surface area contributed by atoms with E-state index in [9.17, 15) is 4.79 Å². The van der Waals surface area contributed by atoms with Gasteiger partial charge in [0.05, 0.1) is 0 Å². The van der Waals surface area contributed by atoms with Crippen molar-refractivity contribution in [3.05, 3.63) is 12.7 Å². The molecule has 2 atom stereocenters. The maximum Gasteiger partial charge on any atom is 0.316 e. The van der Waals surface area contributed by atoms with Gasteiger partial charge in [0.15, 0.2) is 0 Å². The average molecular weight is 285 g/mol. The van der Waals surface area contributed by atoms with Crippen LogP contribution >= 0.6 is 0 Å². The van der Waals surface area contributed by atoms with Gasteiger partial charge in [-0.25, -0.2) is 4.79 Å². The largest absolute Gasteiger partial charge is 0.515 e. The van der Waals surface area contributed by atoms with Crippen molar-refractivity contribution in [3.8, 4) is 0 Å². The summed E-state index contributed by atoms with van der Waals surface area (Å²) in [5.41, 5.74) is 0.831. The zero-order chi connectivity index (χ0) is 15.4. The lowest BCUT2D eigenvalue weighted by molar-refractivity contribution is -0.130. The molecule has 0 aliphatic heterocycles. The van der Waals surface area contributed by atoms with Gasteiger partial charge in [0.25, 0.3) is 8.32 Å². The van der Waals surface area contributed by atoms with Crippen molar-refractivity contribution in [3.63, 3.8) is 0 Å². The molecule has 0 aliphatic carbocycles. The minimum Gasteiger partial charge on any atom is -0.515 e. The minimum atomic E-state index is -2.27. The molecule has 0 rings (SSSR count). The fourth-order valence-electron chi connectivity index (χ4n) is 3.26. The normalized spacial score (nSPS) is 17.2. The Bertz CT molecular complexity index is 321. The van der Waals surface area contributed by atoms with Gasteiger partial charge in [0, 0.05) is 6.08 Å². The Kier molecular flexibility index (Phi) is 6.53. The van der Waals surface area contributed by atoms with E-state index in [0.717, 1.165) is 6.42 Å². The highest BCUT2D eigenvalue weighted by Gasteiger charge is 2.58. The molecule has 0 aromatic rings. The Morgan fingerprint density at radius 2 is 1.74 bits per heavy atom. The van der Waals surface area contributed by atoms with Crippen molar-refractivity contribution >= 4 is 14.3 Å². The number of rotatable bonds is 7. The van der Waals surface area contributed by atoms with Crippen molar-refractivity contribution in [2.45, 2.75) is 77.9 Å². The van der Waals surface area contributed by atoms with Gasteiger partial charge in [-0.05, 0) is 22.0 Å². The first-order valence-electron chi connectivity index (χ1n) is 7.43. The number of hydrogen-bond donors (Lipinski definition) is 0. The fourth-order valence-corrected chi connectivity index (χ4v) is 9.78. The summed E-state index contributed by atoms with van der Waals surface area (Å²) in [6.07, 6.45) is 2.36. The molecule has 0 bridgehead atoms. The first-order chi connectivity index (χ1) is 8.57. The maximum atomic E-state index is 11.9. The lowest BCUT2D eigenvalue weighted by Crippen LogP contribution is -2.57. The lowest BCUT2D eigenvalue weighted by Gasteiger charge is -2.51. The van der Waals surface area contributed by atoms with Crippen LogP contribution in [0.1, 0.15) is 61.8 Å². The molecule has 0 saturated heterocycles. The molecule has 0 amide bonds. The van der Waals surface area contributed by atoms with Crippen LogP contribution in [0.25, 0.3) is 0 Å². The maximum absolute atomic E-state index is 11.9. The summed E-state index contributed by atoms with van der Waals surface area (Å²) < 4.78 is 6.11.